The van der Waals surface area contributed by atoms with Gasteiger partial charge in [0, 0.05) is 25.3 Å². The lowest BCUT2D eigenvalue weighted by molar-refractivity contribution is -0.117. The zero-order valence-corrected chi connectivity index (χ0v) is 14.1. The van der Waals surface area contributed by atoms with Crippen molar-refractivity contribution in [1.29, 1.82) is 0 Å². The molecule has 3 heterocycles. The van der Waals surface area contributed by atoms with Crippen molar-refractivity contribution in [2.45, 2.75) is 25.9 Å². The van der Waals surface area contributed by atoms with Crippen LogP contribution in [-0.2, 0) is 11.3 Å². The molecule has 1 fully saturated rings. The molecule has 0 saturated carbocycles. The van der Waals surface area contributed by atoms with Crippen molar-refractivity contribution in [2.75, 3.05) is 32.0 Å². The molecule has 7 nitrogen and oxygen atoms in total. The van der Waals surface area contributed by atoms with Gasteiger partial charge in [0.15, 0.2) is 0 Å². The van der Waals surface area contributed by atoms with Crippen LogP contribution in [0, 0.1) is 6.92 Å². The zero-order chi connectivity index (χ0) is 16.9. The first-order valence-corrected chi connectivity index (χ1v) is 8.14. The molecule has 0 radical (unpaired) electrons. The minimum atomic E-state index is -0.00497. The summed E-state index contributed by atoms with van der Waals surface area (Å²) < 4.78 is 5.54. The Bertz CT molecular complexity index is 673. The smallest absolute Gasteiger partial charge is 0.238 e. The number of amides is 1. The number of aromatic nitrogens is 2. The fourth-order valence-corrected chi connectivity index (χ4v) is 2.97. The van der Waals surface area contributed by atoms with Crippen LogP contribution in [0.2, 0.25) is 0 Å². The van der Waals surface area contributed by atoms with E-state index in [0.717, 1.165) is 36.8 Å². The maximum atomic E-state index is 12.1. The summed E-state index contributed by atoms with van der Waals surface area (Å²) in [5, 5.41) is 2.87. The van der Waals surface area contributed by atoms with E-state index in [4.69, 9.17) is 4.42 Å². The number of hydrogen-bond donors (Lipinski definition) is 1. The summed E-state index contributed by atoms with van der Waals surface area (Å²) in [5.74, 6) is 1.57. The molecule has 24 heavy (non-hydrogen) atoms. The third-order valence-corrected chi connectivity index (χ3v) is 4.24. The Morgan fingerprint density at radius 2 is 2.38 bits per heavy atom. The molecule has 0 spiro atoms. The van der Waals surface area contributed by atoms with Gasteiger partial charge >= 0.3 is 0 Å². The summed E-state index contributed by atoms with van der Waals surface area (Å²) in [5.41, 5.74) is 0.731. The number of hydrogen-bond acceptors (Lipinski definition) is 6. The van der Waals surface area contributed by atoms with Crippen LogP contribution < -0.4 is 5.32 Å². The van der Waals surface area contributed by atoms with Crippen LogP contribution in [-0.4, -0.2) is 58.4 Å². The third-order valence-electron chi connectivity index (χ3n) is 4.24. The van der Waals surface area contributed by atoms with E-state index in [1.54, 1.807) is 24.7 Å². The quantitative estimate of drug-likeness (QED) is 0.866. The van der Waals surface area contributed by atoms with Crippen molar-refractivity contribution in [3.05, 3.63) is 42.4 Å². The Balaban J connectivity index is 1.45. The van der Waals surface area contributed by atoms with E-state index in [9.17, 15) is 4.79 Å². The normalized spacial score (nSPS) is 18.2. The lowest BCUT2D eigenvalue weighted by Crippen LogP contribution is -2.36. The molecular weight excluding hydrogens is 306 g/mol. The summed E-state index contributed by atoms with van der Waals surface area (Å²) in [6.45, 7) is 4.77. The van der Waals surface area contributed by atoms with E-state index in [1.807, 2.05) is 13.0 Å². The first kappa shape index (κ1) is 16.6. The summed E-state index contributed by atoms with van der Waals surface area (Å²) >= 11 is 0. The number of aryl methyl sites for hydroxylation is 1. The standard InChI is InChI=1S/C17H23N5O2/c1-13-8-19-17(24-13)12-21(2)15-5-7-22(10-15)11-16(23)20-14-4-3-6-18-9-14/h3-4,6,8-9,15H,5,7,10-12H2,1-2H3,(H,20,23). The SMILES string of the molecule is Cc1cnc(CN(C)C2CCN(CC(=O)Nc3cccnc3)C2)o1. The lowest BCUT2D eigenvalue weighted by atomic mass is 10.2. The highest BCUT2D eigenvalue weighted by molar-refractivity contribution is 5.92. The number of pyridine rings is 1. The van der Waals surface area contributed by atoms with Crippen molar-refractivity contribution < 1.29 is 9.21 Å². The van der Waals surface area contributed by atoms with E-state index in [-0.39, 0.29) is 5.91 Å². The molecule has 0 aliphatic carbocycles. The largest absolute Gasteiger partial charge is 0.445 e. The van der Waals surface area contributed by atoms with Gasteiger partial charge in [-0.3, -0.25) is 19.6 Å². The molecule has 2 aromatic heterocycles. The molecule has 2 aromatic rings. The van der Waals surface area contributed by atoms with Gasteiger partial charge in [-0.2, -0.15) is 0 Å². The van der Waals surface area contributed by atoms with E-state index < -0.39 is 0 Å². The van der Waals surface area contributed by atoms with E-state index in [1.165, 1.54) is 0 Å². The highest BCUT2D eigenvalue weighted by atomic mass is 16.4. The van der Waals surface area contributed by atoms with E-state index in [0.29, 0.717) is 19.1 Å². The van der Waals surface area contributed by atoms with Crippen molar-refractivity contribution in [3.63, 3.8) is 0 Å². The average molecular weight is 329 g/mol. The molecule has 128 valence electrons. The highest BCUT2D eigenvalue weighted by Crippen LogP contribution is 2.17. The van der Waals surface area contributed by atoms with Gasteiger partial charge in [-0.15, -0.1) is 0 Å². The number of nitrogens with zero attached hydrogens (tertiary/aromatic N) is 4. The number of oxazole rings is 1. The van der Waals surface area contributed by atoms with Crippen LogP contribution in [0.15, 0.2) is 35.1 Å². The molecule has 1 saturated heterocycles. The number of carbonyl (C=O) groups is 1. The van der Waals surface area contributed by atoms with Crippen LogP contribution in [0.3, 0.4) is 0 Å². The summed E-state index contributed by atoms with van der Waals surface area (Å²) in [6, 6.07) is 4.05. The maximum absolute atomic E-state index is 12.1. The Morgan fingerprint density at radius 1 is 1.50 bits per heavy atom. The van der Waals surface area contributed by atoms with Gasteiger partial charge < -0.3 is 9.73 Å². The van der Waals surface area contributed by atoms with Crippen molar-refractivity contribution in [2.24, 2.45) is 0 Å². The second kappa shape index (κ2) is 7.55. The van der Waals surface area contributed by atoms with Crippen LogP contribution in [0.25, 0.3) is 0 Å². The molecule has 1 unspecified atom stereocenters. The minimum Gasteiger partial charge on any atom is -0.445 e. The van der Waals surface area contributed by atoms with Gasteiger partial charge in [0.2, 0.25) is 11.8 Å². The Labute approximate surface area is 141 Å². The third kappa shape index (κ3) is 4.39. The fraction of sp³-hybridized carbons (Fsp3) is 0.471. The van der Waals surface area contributed by atoms with Crippen LogP contribution in [0.4, 0.5) is 5.69 Å². The summed E-state index contributed by atoms with van der Waals surface area (Å²) in [4.78, 5) is 24.8. The van der Waals surface area contributed by atoms with E-state index >= 15 is 0 Å². The Kier molecular flexibility index (Phi) is 5.22. The molecule has 3 rings (SSSR count). The molecular formula is C17H23N5O2. The van der Waals surface area contributed by atoms with Crippen LogP contribution in [0.5, 0.6) is 0 Å². The second-order valence-electron chi connectivity index (χ2n) is 6.25. The van der Waals surface area contributed by atoms with Crippen molar-refractivity contribution in [3.8, 4) is 0 Å². The van der Waals surface area contributed by atoms with Gasteiger partial charge in [-0.25, -0.2) is 4.98 Å². The van der Waals surface area contributed by atoms with Gasteiger partial charge in [0.05, 0.1) is 31.2 Å². The maximum Gasteiger partial charge on any atom is 0.238 e. The Morgan fingerprint density at radius 3 is 3.08 bits per heavy atom. The number of likely N-dealkylation sites (tertiary alicyclic amines) is 1. The molecule has 1 atom stereocenters. The number of anilines is 1. The zero-order valence-electron chi connectivity index (χ0n) is 14.1. The molecule has 0 bridgehead atoms. The Hall–Kier alpha value is -2.25. The summed E-state index contributed by atoms with van der Waals surface area (Å²) in [7, 11) is 2.07. The first-order chi connectivity index (χ1) is 11.6. The predicted octanol–water partition coefficient (Wildman–Crippen LogP) is 1.52. The van der Waals surface area contributed by atoms with Gasteiger partial charge in [-0.05, 0) is 32.5 Å². The first-order valence-electron chi connectivity index (χ1n) is 8.14. The highest BCUT2D eigenvalue weighted by Gasteiger charge is 2.27. The molecule has 1 amide bonds. The van der Waals surface area contributed by atoms with Gasteiger partial charge in [0.1, 0.15) is 5.76 Å². The van der Waals surface area contributed by atoms with E-state index in [2.05, 4.69) is 32.1 Å². The van der Waals surface area contributed by atoms with Crippen LogP contribution in [0.1, 0.15) is 18.1 Å². The number of likely N-dealkylation sites (N-methyl/N-ethyl adjacent to an activating group) is 1. The molecule has 1 aliphatic heterocycles. The number of rotatable bonds is 6. The van der Waals surface area contributed by atoms with Crippen molar-refractivity contribution in [1.82, 2.24) is 19.8 Å². The monoisotopic (exact) mass is 329 g/mol. The minimum absolute atomic E-state index is 0.00497. The molecule has 0 aromatic carbocycles. The number of nitrogens with one attached hydrogen (secondary N) is 1. The van der Waals surface area contributed by atoms with Gasteiger partial charge in [-0.1, -0.05) is 0 Å². The topological polar surface area (TPSA) is 74.5 Å². The molecule has 7 heteroatoms. The second-order valence-corrected chi connectivity index (χ2v) is 6.25. The fourth-order valence-electron chi connectivity index (χ4n) is 2.97. The lowest BCUT2D eigenvalue weighted by Gasteiger charge is -2.23. The predicted molar refractivity (Wildman–Crippen MR) is 90.4 cm³/mol. The van der Waals surface area contributed by atoms with Crippen LogP contribution >= 0.6 is 0 Å². The van der Waals surface area contributed by atoms with Gasteiger partial charge in [0.25, 0.3) is 0 Å². The average Bonchev–Trinajstić information content (AvgIpc) is 3.17. The number of carbonyl (C=O) groups excluding carboxylic acids is 1. The summed E-state index contributed by atoms with van der Waals surface area (Å²) in [6.07, 6.45) is 6.12. The molecule has 1 N–H and O–H groups in total. The molecule has 1 aliphatic rings. The van der Waals surface area contributed by atoms with Crippen molar-refractivity contribution >= 4 is 11.6 Å².